The second kappa shape index (κ2) is 5.60. The van der Waals surface area contributed by atoms with Crippen LogP contribution >= 0.6 is 13.6 Å². The number of hydrogen-bond acceptors (Lipinski definition) is 1. The van der Waals surface area contributed by atoms with E-state index in [9.17, 15) is 13.2 Å². The average molecular weight is 305 g/mol. The fourth-order valence-electron chi connectivity index (χ4n) is 0.629. The second-order valence-corrected chi connectivity index (χ2v) is 2.05. The van der Waals surface area contributed by atoms with Crippen molar-refractivity contribution < 1.29 is 29.5 Å². The topological polar surface area (TPSA) is 12.9 Å². The monoisotopic (exact) mass is 303 g/mol. The maximum absolute atomic E-state index is 11.9. The van der Waals surface area contributed by atoms with Crippen molar-refractivity contribution in [3.63, 3.8) is 0 Å². The third-order valence-electron chi connectivity index (χ3n) is 1.11. The Morgan fingerprint density at radius 3 is 2.23 bits per heavy atom. The molecule has 0 unspecified atom stereocenters. The fourth-order valence-corrected chi connectivity index (χ4v) is 0.629. The normalized spacial score (nSPS) is 10.3. The number of pyridine rings is 1. The van der Waals surface area contributed by atoms with E-state index in [0.29, 0.717) is 5.56 Å². The summed E-state index contributed by atoms with van der Waals surface area (Å²) in [6.07, 6.45) is -3.28. The zero-order valence-corrected chi connectivity index (χ0v) is 11.2. The van der Waals surface area contributed by atoms with E-state index in [1.54, 1.807) is 0 Å². The van der Waals surface area contributed by atoms with Crippen LogP contribution < -0.4 is 0 Å². The molecule has 0 aliphatic rings. The summed E-state index contributed by atoms with van der Waals surface area (Å²) in [7, 11) is 0. The van der Waals surface area contributed by atoms with E-state index in [2.05, 4.69) is 25.5 Å². The second-order valence-electron chi connectivity index (χ2n) is 2.05. The molecule has 0 amide bonds. The van der Waals surface area contributed by atoms with Gasteiger partial charge in [-0.25, -0.2) is 0 Å². The van der Waals surface area contributed by atoms with Crippen LogP contribution in [0.5, 0.6) is 0 Å². The van der Waals surface area contributed by atoms with Crippen molar-refractivity contribution in [1.82, 2.24) is 4.98 Å². The Balaban J connectivity index is 0.000000671. The zero-order valence-electron chi connectivity index (χ0n) is 6.61. The molecule has 6 heteroatoms. The molecule has 1 rings (SSSR count). The van der Waals surface area contributed by atoms with Crippen molar-refractivity contribution in [3.8, 4) is 0 Å². The Morgan fingerprint density at radius 1 is 1.38 bits per heavy atom. The van der Waals surface area contributed by atoms with E-state index in [-0.39, 0.29) is 0 Å². The van der Waals surface area contributed by atoms with Crippen LogP contribution in [0.1, 0.15) is 11.3 Å². The van der Waals surface area contributed by atoms with E-state index in [4.69, 9.17) is 0 Å². The third-order valence-corrected chi connectivity index (χ3v) is 1.11. The molecule has 13 heavy (non-hydrogen) atoms. The molecule has 68 valence electrons. The Kier molecular flexibility index (Phi) is 5.57. The van der Waals surface area contributed by atoms with Gasteiger partial charge in [0.2, 0.25) is 0 Å². The SMILES string of the molecule is [CH2-]c1ccnc(C(F)(F)F)c1.[Zn+][Br]. The molecule has 1 aromatic rings. The number of halogens is 4. The van der Waals surface area contributed by atoms with Crippen molar-refractivity contribution in [3.05, 3.63) is 36.5 Å². The van der Waals surface area contributed by atoms with E-state index >= 15 is 0 Å². The summed E-state index contributed by atoms with van der Waals surface area (Å²) < 4.78 is 35.6. The van der Waals surface area contributed by atoms with Crippen molar-refractivity contribution in [2.45, 2.75) is 6.18 Å². The van der Waals surface area contributed by atoms with Crippen LogP contribution in [0.2, 0.25) is 0 Å². The van der Waals surface area contributed by atoms with E-state index in [1.807, 2.05) is 0 Å². The van der Waals surface area contributed by atoms with Gasteiger partial charge < -0.3 is 0 Å². The molecule has 0 saturated heterocycles. The van der Waals surface area contributed by atoms with Gasteiger partial charge in [-0.3, -0.25) is 4.98 Å². The first-order valence-electron chi connectivity index (χ1n) is 3.12. The molecule has 0 spiro atoms. The molecule has 1 nitrogen and oxygen atoms in total. The van der Waals surface area contributed by atoms with Gasteiger partial charge in [-0.05, 0) is 6.20 Å². The van der Waals surface area contributed by atoms with E-state index in [1.165, 1.54) is 22.4 Å². The molecular formula is C7H5BrF3NZn. The molecule has 0 bridgehead atoms. The van der Waals surface area contributed by atoms with Gasteiger partial charge in [-0.2, -0.15) is 25.7 Å². The van der Waals surface area contributed by atoms with Gasteiger partial charge in [0.05, 0.1) is 5.69 Å². The summed E-state index contributed by atoms with van der Waals surface area (Å²) in [6, 6.07) is 2.31. The quantitative estimate of drug-likeness (QED) is 0.530. The van der Waals surface area contributed by atoms with Crippen LogP contribution in [0.25, 0.3) is 0 Å². The summed E-state index contributed by atoms with van der Waals surface area (Å²) in [5.74, 6) is 0. The minimum atomic E-state index is -4.37. The number of aromatic nitrogens is 1. The molecule has 1 aromatic heterocycles. The molecule has 0 aliphatic heterocycles. The predicted octanol–water partition coefficient (Wildman–Crippen LogP) is 3.13. The van der Waals surface area contributed by atoms with Gasteiger partial charge in [0.25, 0.3) is 0 Å². The van der Waals surface area contributed by atoms with Gasteiger partial charge in [0.15, 0.2) is 0 Å². The molecule has 0 atom stereocenters. The van der Waals surface area contributed by atoms with Crippen molar-refractivity contribution in [2.24, 2.45) is 0 Å². The van der Waals surface area contributed by atoms with Gasteiger partial charge in [-0.15, -0.1) is 12.1 Å². The molecule has 0 saturated carbocycles. The van der Waals surface area contributed by atoms with Gasteiger partial charge in [0, 0.05) is 0 Å². The summed E-state index contributed by atoms with van der Waals surface area (Å²) in [4.78, 5) is 3.15. The molecule has 0 aliphatic carbocycles. The van der Waals surface area contributed by atoms with Gasteiger partial charge >= 0.3 is 36.1 Å². The molecule has 0 radical (unpaired) electrons. The summed E-state index contributed by atoms with van der Waals surface area (Å²) in [6.45, 7) is 3.35. The van der Waals surface area contributed by atoms with Crippen molar-refractivity contribution >= 4 is 13.6 Å². The third kappa shape index (κ3) is 4.62. The van der Waals surface area contributed by atoms with Gasteiger partial charge in [-0.1, -0.05) is 0 Å². The Labute approximate surface area is 90.8 Å². The molecule has 0 aromatic carbocycles. The fraction of sp³-hybridized carbons (Fsp3) is 0.143. The number of alkyl halides is 3. The van der Waals surface area contributed by atoms with Crippen LogP contribution in [0.3, 0.4) is 0 Å². The summed E-state index contributed by atoms with van der Waals surface area (Å²) in [5, 5.41) is 0. The predicted molar refractivity (Wildman–Crippen MR) is 42.6 cm³/mol. The number of nitrogens with zero attached hydrogens (tertiary/aromatic N) is 1. The maximum atomic E-state index is 11.9. The van der Waals surface area contributed by atoms with E-state index < -0.39 is 11.9 Å². The number of rotatable bonds is 0. The first-order chi connectivity index (χ1) is 6.00. The van der Waals surface area contributed by atoms with Gasteiger partial charge in [0.1, 0.15) is 0 Å². The standard InChI is InChI=1S/C7H5F3N.BrH.Zn/c1-5-2-3-11-6(4-5)7(8,9)10;;/h2-4H,1H2;1H;/q-1;;+2/p-1. The van der Waals surface area contributed by atoms with Crippen LogP contribution in [-0.4, -0.2) is 4.98 Å². The Morgan fingerprint density at radius 2 is 1.92 bits per heavy atom. The molecular weight excluding hydrogens is 300 g/mol. The van der Waals surface area contributed by atoms with E-state index in [0.717, 1.165) is 12.3 Å². The molecule has 1 heterocycles. The first kappa shape index (κ1) is 12.9. The van der Waals surface area contributed by atoms with Crippen LogP contribution in [0, 0.1) is 6.92 Å². The van der Waals surface area contributed by atoms with Crippen molar-refractivity contribution in [2.75, 3.05) is 0 Å². The minimum absolute atomic E-state index is 0.312. The van der Waals surface area contributed by atoms with Crippen LogP contribution in [0.4, 0.5) is 13.2 Å². The molecule has 0 fully saturated rings. The Bertz CT molecular complexity index is 264. The molecule has 0 N–H and O–H groups in total. The van der Waals surface area contributed by atoms with Crippen LogP contribution in [0.15, 0.2) is 18.3 Å². The van der Waals surface area contributed by atoms with Crippen LogP contribution in [-0.2, 0) is 22.5 Å². The average Bonchev–Trinajstić information content (AvgIpc) is 2.06. The van der Waals surface area contributed by atoms with Crippen molar-refractivity contribution in [1.29, 1.82) is 0 Å². The first-order valence-corrected chi connectivity index (χ1v) is 10.1. The zero-order chi connectivity index (χ0) is 10.5. The summed E-state index contributed by atoms with van der Waals surface area (Å²) in [5.41, 5.74) is -0.586. The number of hydrogen-bond donors (Lipinski definition) is 0. The Hall–Kier alpha value is -0.0866. The summed E-state index contributed by atoms with van der Waals surface area (Å²) >= 11 is 4.25.